The first-order chi connectivity index (χ1) is 24.1. The van der Waals surface area contributed by atoms with Gasteiger partial charge >= 0.3 is 11.9 Å². The second kappa shape index (κ2) is 16.8. The Bertz CT molecular complexity index is 1600. The zero-order valence-corrected chi connectivity index (χ0v) is 27.1. The molecule has 0 radical (unpaired) electrons. The molecule has 2 saturated heterocycles. The van der Waals surface area contributed by atoms with E-state index in [-0.39, 0.29) is 47.2 Å². The van der Waals surface area contributed by atoms with Gasteiger partial charge in [-0.3, -0.25) is 19.4 Å². The van der Waals surface area contributed by atoms with Gasteiger partial charge in [-0.05, 0) is 48.5 Å². The van der Waals surface area contributed by atoms with Gasteiger partial charge in [0.2, 0.25) is 0 Å². The van der Waals surface area contributed by atoms with Gasteiger partial charge in [0.05, 0.1) is 37.6 Å². The van der Waals surface area contributed by atoms with Crippen LogP contribution in [0.4, 0.5) is 11.4 Å². The molecular weight excluding hydrogens is 656 g/mol. The quantitative estimate of drug-likeness (QED) is 0.118. The first kappa shape index (κ1) is 35.9. The van der Waals surface area contributed by atoms with Gasteiger partial charge in [-0.2, -0.15) is 0 Å². The maximum absolute atomic E-state index is 13.0. The summed E-state index contributed by atoms with van der Waals surface area (Å²) in [7, 11) is 0. The van der Waals surface area contributed by atoms with Crippen molar-refractivity contribution in [1.29, 1.82) is 0 Å². The number of esters is 2. The van der Waals surface area contributed by atoms with E-state index in [1.54, 1.807) is 0 Å². The number of anilines is 2. The topological polar surface area (TPSA) is 217 Å². The van der Waals surface area contributed by atoms with Crippen molar-refractivity contribution in [3.8, 4) is 23.0 Å². The Balaban J connectivity index is 1.19. The lowest BCUT2D eigenvalue weighted by molar-refractivity contribution is 0.0189. The fraction of sp³-hybridized carbons (Fsp3) is 0.353. The highest BCUT2D eigenvalue weighted by atomic mass is 16.5. The summed E-state index contributed by atoms with van der Waals surface area (Å²) in [4.78, 5) is 55.4. The van der Waals surface area contributed by atoms with Crippen LogP contribution in [0, 0.1) is 0 Å². The number of carbonyl (C=O) groups excluding carboxylic acids is 4. The van der Waals surface area contributed by atoms with Crippen molar-refractivity contribution in [2.24, 2.45) is 0 Å². The number of rotatable bonds is 12. The van der Waals surface area contributed by atoms with Crippen LogP contribution in [0.3, 0.4) is 0 Å². The van der Waals surface area contributed by atoms with Crippen LogP contribution in [-0.2, 0) is 18.9 Å². The van der Waals surface area contributed by atoms with E-state index in [0.29, 0.717) is 65.7 Å². The summed E-state index contributed by atoms with van der Waals surface area (Å²) < 4.78 is 21.1. The molecule has 0 bridgehead atoms. The average molecular weight is 695 g/mol. The van der Waals surface area contributed by atoms with Gasteiger partial charge in [0.15, 0.2) is 0 Å². The Kier molecular flexibility index (Phi) is 12.1. The van der Waals surface area contributed by atoms with Crippen LogP contribution in [-0.4, -0.2) is 133 Å². The fourth-order valence-corrected chi connectivity index (χ4v) is 5.23. The van der Waals surface area contributed by atoms with E-state index < -0.39 is 46.4 Å². The third kappa shape index (κ3) is 9.38. The zero-order valence-electron chi connectivity index (χ0n) is 27.1. The molecule has 3 aromatic carbocycles. The van der Waals surface area contributed by atoms with E-state index in [0.717, 1.165) is 12.1 Å². The number of morpholine rings is 2. The summed E-state index contributed by atoms with van der Waals surface area (Å²) in [6.45, 7) is 6.38. The van der Waals surface area contributed by atoms with Crippen molar-refractivity contribution < 1.29 is 58.6 Å². The fourth-order valence-electron chi connectivity index (χ4n) is 5.23. The second-order valence-electron chi connectivity index (χ2n) is 11.4. The molecule has 16 heteroatoms. The average Bonchev–Trinajstić information content (AvgIpc) is 3.11. The van der Waals surface area contributed by atoms with Crippen molar-refractivity contribution in [1.82, 2.24) is 9.80 Å². The molecule has 2 fully saturated rings. The summed E-state index contributed by atoms with van der Waals surface area (Å²) in [5.41, 5.74) is -1.01. The van der Waals surface area contributed by atoms with E-state index >= 15 is 0 Å². The molecule has 2 amide bonds. The van der Waals surface area contributed by atoms with Crippen LogP contribution >= 0.6 is 0 Å². The number of benzene rings is 3. The molecule has 2 aliphatic rings. The number of carbonyl (C=O) groups is 4. The Hall–Kier alpha value is -5.42. The van der Waals surface area contributed by atoms with E-state index in [1.165, 1.54) is 36.4 Å². The standard InChI is InChI=1S/C34H38N4O12/c39-27-3-1-21(17-25(27)33(45)49-15-9-37-5-11-47-12-6-37)35-31(43)23-19-30(42)24(20-29(23)41)32(44)36-22-2-4-28(40)26(18-22)34(46)50-16-10-38-7-13-48-14-8-38/h1-4,17-20,39-42H,5-16H2,(H,35,43)(H,36,44). The molecule has 0 aliphatic carbocycles. The minimum absolute atomic E-state index is 0.0800. The molecular formula is C34H38N4O12. The number of nitrogens with zero attached hydrogens (tertiary/aromatic N) is 2. The van der Waals surface area contributed by atoms with Crippen LogP contribution in [0.15, 0.2) is 48.5 Å². The van der Waals surface area contributed by atoms with Crippen LogP contribution in [0.2, 0.25) is 0 Å². The Morgan fingerprint density at radius 3 is 1.32 bits per heavy atom. The van der Waals surface area contributed by atoms with Gasteiger partial charge in [0.1, 0.15) is 47.3 Å². The first-order valence-corrected chi connectivity index (χ1v) is 15.9. The largest absolute Gasteiger partial charge is 0.507 e. The van der Waals surface area contributed by atoms with Crippen LogP contribution < -0.4 is 10.6 Å². The number of hydrogen-bond acceptors (Lipinski definition) is 14. The molecule has 0 unspecified atom stereocenters. The van der Waals surface area contributed by atoms with Crippen molar-refractivity contribution in [2.45, 2.75) is 0 Å². The number of aromatic hydroxyl groups is 4. The molecule has 0 atom stereocenters. The Labute approximate surface area is 286 Å². The maximum Gasteiger partial charge on any atom is 0.342 e. The lowest BCUT2D eigenvalue weighted by Gasteiger charge is -2.26. The number of phenolic OH excluding ortho intramolecular Hbond substituents is 4. The smallest absolute Gasteiger partial charge is 0.342 e. The van der Waals surface area contributed by atoms with E-state index in [1.807, 2.05) is 0 Å². The molecule has 266 valence electrons. The number of ether oxygens (including phenoxy) is 4. The summed E-state index contributed by atoms with van der Waals surface area (Å²) in [5.74, 6) is -5.42. The maximum atomic E-state index is 13.0. The predicted octanol–water partition coefficient (Wildman–Crippen LogP) is 1.99. The van der Waals surface area contributed by atoms with Crippen LogP contribution in [0.5, 0.6) is 23.0 Å². The molecule has 2 heterocycles. The van der Waals surface area contributed by atoms with Gasteiger partial charge in [0.25, 0.3) is 11.8 Å². The van der Waals surface area contributed by atoms with Gasteiger partial charge in [-0.25, -0.2) is 9.59 Å². The van der Waals surface area contributed by atoms with Crippen molar-refractivity contribution in [2.75, 3.05) is 89.5 Å². The summed E-state index contributed by atoms with van der Waals surface area (Å²) in [6, 6.07) is 9.20. The highest BCUT2D eigenvalue weighted by Crippen LogP contribution is 2.30. The third-order valence-electron chi connectivity index (χ3n) is 8.04. The molecule has 6 N–H and O–H groups in total. The van der Waals surface area contributed by atoms with Crippen molar-refractivity contribution >= 4 is 35.1 Å². The minimum Gasteiger partial charge on any atom is -0.507 e. The lowest BCUT2D eigenvalue weighted by atomic mass is 10.1. The molecule has 5 rings (SSSR count). The monoisotopic (exact) mass is 694 g/mol. The summed E-state index contributed by atoms with van der Waals surface area (Å²) in [6.07, 6.45) is 0. The van der Waals surface area contributed by atoms with E-state index in [4.69, 9.17) is 18.9 Å². The van der Waals surface area contributed by atoms with Crippen molar-refractivity contribution in [3.63, 3.8) is 0 Å². The van der Waals surface area contributed by atoms with Crippen LogP contribution in [0.1, 0.15) is 41.4 Å². The van der Waals surface area contributed by atoms with Gasteiger partial charge < -0.3 is 50.0 Å². The van der Waals surface area contributed by atoms with Gasteiger partial charge in [0, 0.05) is 50.6 Å². The number of hydrogen-bond donors (Lipinski definition) is 6. The summed E-state index contributed by atoms with van der Waals surface area (Å²) in [5, 5.41) is 46.6. The normalized spacial score (nSPS) is 15.2. The van der Waals surface area contributed by atoms with E-state index in [2.05, 4.69) is 20.4 Å². The Morgan fingerprint density at radius 1 is 0.560 bits per heavy atom. The molecule has 2 aliphatic heterocycles. The molecule has 0 saturated carbocycles. The summed E-state index contributed by atoms with van der Waals surface area (Å²) >= 11 is 0. The number of amides is 2. The van der Waals surface area contributed by atoms with E-state index in [9.17, 15) is 39.6 Å². The van der Waals surface area contributed by atoms with Crippen LogP contribution in [0.25, 0.3) is 0 Å². The first-order valence-electron chi connectivity index (χ1n) is 15.9. The number of phenols is 4. The molecule has 50 heavy (non-hydrogen) atoms. The zero-order chi connectivity index (χ0) is 35.6. The minimum atomic E-state index is -0.891. The van der Waals surface area contributed by atoms with Gasteiger partial charge in [-0.15, -0.1) is 0 Å². The molecule has 3 aromatic rings. The lowest BCUT2D eigenvalue weighted by Crippen LogP contribution is -2.38. The highest BCUT2D eigenvalue weighted by molar-refractivity contribution is 6.11. The molecule has 0 aromatic heterocycles. The van der Waals surface area contributed by atoms with Crippen molar-refractivity contribution in [3.05, 3.63) is 70.8 Å². The third-order valence-corrected chi connectivity index (χ3v) is 8.04. The predicted molar refractivity (Wildman–Crippen MR) is 177 cm³/mol. The highest BCUT2D eigenvalue weighted by Gasteiger charge is 2.22. The van der Waals surface area contributed by atoms with Gasteiger partial charge in [-0.1, -0.05) is 0 Å². The Morgan fingerprint density at radius 2 is 0.940 bits per heavy atom. The second-order valence-corrected chi connectivity index (χ2v) is 11.4. The molecule has 16 nitrogen and oxygen atoms in total. The number of nitrogens with one attached hydrogen (secondary N) is 2. The molecule has 0 spiro atoms. The SMILES string of the molecule is O=C(Nc1ccc(O)c(C(=O)OCCN2CCOCC2)c1)c1cc(O)c(C(=O)Nc2ccc(O)c(C(=O)OCCN3CCOCC3)c2)cc1O.